The fourth-order valence-corrected chi connectivity index (χ4v) is 3.05. The van der Waals surface area contributed by atoms with Crippen molar-refractivity contribution in [2.45, 2.75) is 13.3 Å². The van der Waals surface area contributed by atoms with Crippen molar-refractivity contribution in [3.63, 3.8) is 0 Å². The van der Waals surface area contributed by atoms with Crippen LogP contribution in [-0.2, 0) is 6.42 Å². The van der Waals surface area contributed by atoms with E-state index in [9.17, 15) is 4.79 Å². The number of carbonyl (C=O) groups excluding carboxylic acids is 1. The molecule has 0 amide bonds. The fourth-order valence-electron chi connectivity index (χ4n) is 2.21. The number of halogens is 1. The highest BCUT2D eigenvalue weighted by Gasteiger charge is 2.13. The van der Waals surface area contributed by atoms with E-state index in [1.807, 2.05) is 35.7 Å². The molecule has 0 saturated carbocycles. The average Bonchev–Trinajstić information content (AvgIpc) is 2.99. The first kappa shape index (κ1) is 13.3. The minimum Gasteiger partial charge on any atom is -0.276 e. The monoisotopic (exact) mass is 301 g/mol. The van der Waals surface area contributed by atoms with E-state index in [4.69, 9.17) is 11.6 Å². The molecule has 2 nitrogen and oxygen atoms in total. The molecule has 1 aromatic carbocycles. The Labute approximate surface area is 126 Å². The predicted octanol–water partition coefficient (Wildman–Crippen LogP) is 4.90. The molecular weight excluding hydrogens is 290 g/mol. The standard InChI is InChI=1S/C16H12ClNOS/c1-2-10-5-6-13-11(8-10)12(16(17)19)9-14(18-13)15-4-3-7-20-15/h3-9H,2H2,1H3. The summed E-state index contributed by atoms with van der Waals surface area (Å²) < 4.78 is 0. The Morgan fingerprint density at radius 3 is 2.80 bits per heavy atom. The van der Waals surface area contributed by atoms with Crippen LogP contribution in [-0.4, -0.2) is 10.2 Å². The van der Waals surface area contributed by atoms with Gasteiger partial charge in [-0.25, -0.2) is 4.98 Å². The van der Waals surface area contributed by atoms with E-state index < -0.39 is 5.24 Å². The first-order valence-electron chi connectivity index (χ1n) is 6.36. The summed E-state index contributed by atoms with van der Waals surface area (Å²) >= 11 is 7.34. The van der Waals surface area contributed by atoms with E-state index in [-0.39, 0.29) is 0 Å². The second-order valence-corrected chi connectivity index (χ2v) is 5.80. The fraction of sp³-hybridized carbons (Fsp3) is 0.125. The zero-order chi connectivity index (χ0) is 14.1. The Hall–Kier alpha value is -1.71. The maximum atomic E-state index is 11.7. The number of aryl methyl sites for hydroxylation is 1. The average molecular weight is 302 g/mol. The molecule has 4 heteroatoms. The smallest absolute Gasteiger partial charge is 0.253 e. The Bertz CT molecular complexity index is 781. The number of thiophene rings is 1. The molecule has 0 aliphatic carbocycles. The summed E-state index contributed by atoms with van der Waals surface area (Å²) in [5.41, 5.74) is 3.29. The molecule has 0 aliphatic rings. The third-order valence-electron chi connectivity index (χ3n) is 3.27. The summed E-state index contributed by atoms with van der Waals surface area (Å²) in [6.07, 6.45) is 0.915. The molecule has 0 N–H and O–H groups in total. The normalized spacial score (nSPS) is 10.9. The molecule has 3 aromatic rings. The number of benzene rings is 1. The van der Waals surface area contributed by atoms with Crippen LogP contribution in [0.1, 0.15) is 22.8 Å². The molecule has 0 bridgehead atoms. The largest absolute Gasteiger partial charge is 0.276 e. The lowest BCUT2D eigenvalue weighted by Gasteiger charge is -2.07. The van der Waals surface area contributed by atoms with Crippen LogP contribution in [0.5, 0.6) is 0 Å². The Morgan fingerprint density at radius 1 is 1.30 bits per heavy atom. The van der Waals surface area contributed by atoms with E-state index >= 15 is 0 Å². The summed E-state index contributed by atoms with van der Waals surface area (Å²) in [4.78, 5) is 17.4. The van der Waals surface area contributed by atoms with Crippen molar-refractivity contribution in [3.8, 4) is 10.6 Å². The van der Waals surface area contributed by atoms with Crippen molar-refractivity contribution in [2.24, 2.45) is 0 Å². The zero-order valence-electron chi connectivity index (χ0n) is 10.9. The maximum absolute atomic E-state index is 11.7. The highest BCUT2D eigenvalue weighted by Crippen LogP contribution is 2.29. The van der Waals surface area contributed by atoms with E-state index in [0.717, 1.165) is 27.9 Å². The zero-order valence-corrected chi connectivity index (χ0v) is 12.5. The Kier molecular flexibility index (Phi) is 3.55. The van der Waals surface area contributed by atoms with Gasteiger partial charge in [0.1, 0.15) is 0 Å². The van der Waals surface area contributed by atoms with Gasteiger partial charge in [0.05, 0.1) is 16.1 Å². The molecule has 0 unspecified atom stereocenters. The van der Waals surface area contributed by atoms with Gasteiger partial charge >= 0.3 is 0 Å². The summed E-state index contributed by atoms with van der Waals surface area (Å²) in [6.45, 7) is 2.08. The molecule has 2 heterocycles. The minimum atomic E-state index is -0.441. The Balaban J connectivity index is 2.30. The van der Waals surface area contributed by atoms with Crippen LogP contribution in [0, 0.1) is 0 Å². The summed E-state index contributed by atoms with van der Waals surface area (Å²) in [7, 11) is 0. The number of aromatic nitrogens is 1. The quantitative estimate of drug-likeness (QED) is 0.644. The van der Waals surface area contributed by atoms with Gasteiger partial charge in [-0.15, -0.1) is 11.3 Å². The van der Waals surface area contributed by atoms with Gasteiger partial charge in [0, 0.05) is 10.9 Å². The van der Waals surface area contributed by atoms with Gasteiger partial charge in [0.2, 0.25) is 0 Å². The molecule has 20 heavy (non-hydrogen) atoms. The van der Waals surface area contributed by atoms with E-state index in [2.05, 4.69) is 11.9 Å². The number of fused-ring (bicyclic) bond motifs is 1. The summed E-state index contributed by atoms with van der Waals surface area (Å²) in [5, 5.41) is 2.37. The molecule has 0 atom stereocenters. The van der Waals surface area contributed by atoms with Crippen molar-refractivity contribution in [2.75, 3.05) is 0 Å². The maximum Gasteiger partial charge on any atom is 0.253 e. The van der Waals surface area contributed by atoms with Crippen LogP contribution in [0.4, 0.5) is 0 Å². The number of carbonyl (C=O) groups is 1. The molecule has 0 fully saturated rings. The lowest BCUT2D eigenvalue weighted by atomic mass is 10.0. The number of hydrogen-bond donors (Lipinski definition) is 0. The van der Waals surface area contributed by atoms with Gasteiger partial charge in [-0.2, -0.15) is 0 Å². The van der Waals surface area contributed by atoms with E-state index in [1.165, 1.54) is 5.56 Å². The van der Waals surface area contributed by atoms with E-state index in [1.54, 1.807) is 17.4 Å². The predicted molar refractivity (Wildman–Crippen MR) is 84.6 cm³/mol. The molecule has 100 valence electrons. The van der Waals surface area contributed by atoms with Crippen molar-refractivity contribution < 1.29 is 4.79 Å². The highest BCUT2D eigenvalue weighted by molar-refractivity contribution is 7.13. The summed E-state index contributed by atoms with van der Waals surface area (Å²) in [5.74, 6) is 0. The van der Waals surface area contributed by atoms with Gasteiger partial charge in [-0.05, 0) is 53.2 Å². The molecule has 0 saturated heterocycles. The first-order valence-corrected chi connectivity index (χ1v) is 7.62. The van der Waals surface area contributed by atoms with Crippen LogP contribution >= 0.6 is 22.9 Å². The van der Waals surface area contributed by atoms with Gasteiger partial charge < -0.3 is 0 Å². The molecular formula is C16H12ClNOS. The first-order chi connectivity index (χ1) is 9.69. The number of nitrogens with zero attached hydrogens (tertiary/aromatic N) is 1. The van der Waals surface area contributed by atoms with Crippen LogP contribution < -0.4 is 0 Å². The Morgan fingerprint density at radius 2 is 2.15 bits per heavy atom. The van der Waals surface area contributed by atoms with Gasteiger partial charge in [0.15, 0.2) is 0 Å². The SMILES string of the molecule is CCc1ccc2nc(-c3cccs3)cc(C(=O)Cl)c2c1. The third-order valence-corrected chi connectivity index (χ3v) is 4.36. The second-order valence-electron chi connectivity index (χ2n) is 4.51. The lowest BCUT2D eigenvalue weighted by Crippen LogP contribution is -1.96. The summed E-state index contributed by atoms with van der Waals surface area (Å²) in [6, 6.07) is 11.7. The lowest BCUT2D eigenvalue weighted by molar-refractivity contribution is 0.108. The van der Waals surface area contributed by atoms with Gasteiger partial charge in [0.25, 0.3) is 5.24 Å². The van der Waals surface area contributed by atoms with E-state index in [0.29, 0.717) is 5.56 Å². The second kappa shape index (κ2) is 5.35. The van der Waals surface area contributed by atoms with Crippen LogP contribution in [0.3, 0.4) is 0 Å². The molecule has 3 rings (SSSR count). The third kappa shape index (κ3) is 2.35. The number of hydrogen-bond acceptors (Lipinski definition) is 3. The topological polar surface area (TPSA) is 30.0 Å². The van der Waals surface area contributed by atoms with Crippen molar-refractivity contribution in [3.05, 3.63) is 52.9 Å². The van der Waals surface area contributed by atoms with Crippen molar-refractivity contribution in [1.82, 2.24) is 4.98 Å². The number of pyridine rings is 1. The van der Waals surface area contributed by atoms with Crippen LogP contribution in [0.2, 0.25) is 0 Å². The molecule has 0 spiro atoms. The molecule has 0 radical (unpaired) electrons. The van der Waals surface area contributed by atoms with Gasteiger partial charge in [-0.1, -0.05) is 19.1 Å². The molecule has 2 aromatic heterocycles. The molecule has 0 aliphatic heterocycles. The van der Waals surface area contributed by atoms with Crippen LogP contribution in [0.25, 0.3) is 21.5 Å². The number of rotatable bonds is 3. The minimum absolute atomic E-state index is 0.441. The van der Waals surface area contributed by atoms with Crippen molar-refractivity contribution in [1.29, 1.82) is 0 Å². The van der Waals surface area contributed by atoms with Crippen molar-refractivity contribution >= 4 is 39.1 Å². The van der Waals surface area contributed by atoms with Crippen LogP contribution in [0.15, 0.2) is 41.8 Å². The highest BCUT2D eigenvalue weighted by atomic mass is 35.5. The van der Waals surface area contributed by atoms with Gasteiger partial charge in [-0.3, -0.25) is 4.79 Å².